The molecule has 0 aromatic heterocycles. The molecule has 0 bridgehead atoms. The maximum absolute atomic E-state index is 9.91. The molecule has 3 heteroatoms. The average molecular weight is 172 g/mol. The van der Waals surface area contributed by atoms with E-state index in [1.807, 2.05) is 5.70 Å². The van der Waals surface area contributed by atoms with Crippen LogP contribution < -0.4 is 0 Å². The summed E-state index contributed by atoms with van der Waals surface area (Å²) in [6, 6.07) is 0. The third-order valence-corrected chi connectivity index (χ3v) is 4.93. The predicted molar refractivity (Wildman–Crippen MR) is 48.0 cm³/mol. The highest BCUT2D eigenvalue weighted by Crippen LogP contribution is 2.24. The highest BCUT2D eigenvalue weighted by Gasteiger charge is 2.35. The van der Waals surface area contributed by atoms with Crippen LogP contribution >= 0.6 is 0 Å². The van der Waals surface area contributed by atoms with Crippen molar-refractivity contribution in [1.82, 2.24) is 0 Å². The van der Waals surface area contributed by atoms with E-state index in [0.29, 0.717) is 6.61 Å². The van der Waals surface area contributed by atoms with Gasteiger partial charge in [-0.15, -0.1) is 6.58 Å². The summed E-state index contributed by atoms with van der Waals surface area (Å²) >= 11 is 0. The molecule has 1 saturated heterocycles. The normalized spacial score (nSPS) is 34.7. The topological polar surface area (TPSA) is 29.5 Å². The molecule has 0 aromatic rings. The molecule has 11 heavy (non-hydrogen) atoms. The molecule has 1 rings (SSSR count). The van der Waals surface area contributed by atoms with E-state index in [2.05, 4.69) is 13.1 Å². The summed E-state index contributed by atoms with van der Waals surface area (Å²) in [4.78, 5) is 0. The lowest BCUT2D eigenvalue weighted by atomic mass is 10.2. The first-order chi connectivity index (χ1) is 5.19. The van der Waals surface area contributed by atoms with Gasteiger partial charge in [0.25, 0.3) is 0 Å². The van der Waals surface area contributed by atoms with Gasteiger partial charge < -0.3 is 9.84 Å². The van der Waals surface area contributed by atoms with Gasteiger partial charge in [0.05, 0.1) is 0 Å². The van der Waals surface area contributed by atoms with Crippen LogP contribution in [0.4, 0.5) is 0 Å². The minimum absolute atomic E-state index is 0.710. The Hall–Kier alpha value is -0.123. The molecule has 0 amide bonds. The summed E-state index contributed by atoms with van der Waals surface area (Å²) in [6.45, 7) is 6.48. The SMILES string of the molecule is C=C[SiH](C)C1(O)CCCCO1. The van der Waals surface area contributed by atoms with Gasteiger partial charge in [-0.25, -0.2) is 0 Å². The van der Waals surface area contributed by atoms with Gasteiger partial charge in [-0.3, -0.25) is 0 Å². The Morgan fingerprint density at radius 3 is 2.82 bits per heavy atom. The monoisotopic (exact) mass is 172 g/mol. The van der Waals surface area contributed by atoms with Gasteiger partial charge in [0.2, 0.25) is 0 Å². The zero-order chi connectivity index (χ0) is 8.32. The fraction of sp³-hybridized carbons (Fsp3) is 0.750. The van der Waals surface area contributed by atoms with Gasteiger partial charge in [0.15, 0.2) is 0 Å². The van der Waals surface area contributed by atoms with Gasteiger partial charge in [0.1, 0.15) is 14.2 Å². The molecule has 1 N–H and O–H groups in total. The van der Waals surface area contributed by atoms with E-state index in [1.54, 1.807) is 0 Å². The van der Waals surface area contributed by atoms with Crippen LogP contribution in [0, 0.1) is 0 Å². The molecule has 1 aliphatic heterocycles. The van der Waals surface area contributed by atoms with E-state index in [0.717, 1.165) is 19.3 Å². The molecule has 0 radical (unpaired) electrons. The molecular weight excluding hydrogens is 156 g/mol. The van der Waals surface area contributed by atoms with E-state index in [-0.39, 0.29) is 0 Å². The highest BCUT2D eigenvalue weighted by atomic mass is 28.3. The minimum atomic E-state index is -1.28. The van der Waals surface area contributed by atoms with Crippen molar-refractivity contribution in [2.45, 2.75) is 31.2 Å². The number of aliphatic hydroxyl groups is 1. The average Bonchev–Trinajstić information content (AvgIpc) is 2.04. The van der Waals surface area contributed by atoms with Crippen LogP contribution in [0.1, 0.15) is 19.3 Å². The second-order valence-corrected chi connectivity index (χ2v) is 6.13. The molecule has 1 heterocycles. The maximum Gasteiger partial charge on any atom is 0.149 e. The van der Waals surface area contributed by atoms with E-state index >= 15 is 0 Å². The number of hydrogen-bond donors (Lipinski definition) is 1. The molecule has 2 unspecified atom stereocenters. The van der Waals surface area contributed by atoms with Crippen molar-refractivity contribution in [1.29, 1.82) is 0 Å². The predicted octanol–water partition coefficient (Wildman–Crippen LogP) is 0.997. The van der Waals surface area contributed by atoms with E-state index < -0.39 is 14.2 Å². The summed E-state index contributed by atoms with van der Waals surface area (Å²) in [5.74, 6) is 0. The minimum Gasteiger partial charge on any atom is -0.369 e. The van der Waals surface area contributed by atoms with Crippen LogP contribution in [0.15, 0.2) is 12.3 Å². The summed E-state index contributed by atoms with van der Waals surface area (Å²) in [7, 11) is -1.28. The molecule has 1 fully saturated rings. The number of ether oxygens (including phenoxy) is 1. The van der Waals surface area contributed by atoms with E-state index in [4.69, 9.17) is 4.74 Å². The largest absolute Gasteiger partial charge is 0.369 e. The van der Waals surface area contributed by atoms with Crippen LogP contribution in [0.3, 0.4) is 0 Å². The van der Waals surface area contributed by atoms with Crippen molar-refractivity contribution in [3.63, 3.8) is 0 Å². The number of rotatable bonds is 2. The first-order valence-corrected chi connectivity index (χ1v) is 6.58. The summed E-state index contributed by atoms with van der Waals surface area (Å²) in [5.41, 5.74) is 1.09. The van der Waals surface area contributed by atoms with Gasteiger partial charge in [0, 0.05) is 6.61 Å². The van der Waals surface area contributed by atoms with E-state index in [9.17, 15) is 5.11 Å². The lowest BCUT2D eigenvalue weighted by Crippen LogP contribution is -2.47. The van der Waals surface area contributed by atoms with E-state index in [1.165, 1.54) is 0 Å². The van der Waals surface area contributed by atoms with Crippen molar-refractivity contribution < 1.29 is 9.84 Å². The molecule has 1 aliphatic rings. The van der Waals surface area contributed by atoms with Crippen LogP contribution in [0.5, 0.6) is 0 Å². The molecule has 0 spiro atoms. The van der Waals surface area contributed by atoms with Crippen molar-refractivity contribution in [2.24, 2.45) is 0 Å². The van der Waals surface area contributed by atoms with Crippen LogP contribution in [-0.2, 0) is 4.74 Å². The van der Waals surface area contributed by atoms with Crippen LogP contribution in [0.2, 0.25) is 6.55 Å². The second-order valence-electron chi connectivity index (χ2n) is 3.17. The standard InChI is InChI=1S/C8H16O2Si/c1-3-11(2)8(9)6-4-5-7-10-8/h3,9,11H,1,4-7H2,2H3. The molecule has 0 aliphatic carbocycles. The zero-order valence-corrected chi connectivity index (χ0v) is 8.20. The van der Waals surface area contributed by atoms with Crippen LogP contribution in [0.25, 0.3) is 0 Å². The Morgan fingerprint density at radius 2 is 2.36 bits per heavy atom. The maximum atomic E-state index is 9.91. The second kappa shape index (κ2) is 3.52. The van der Waals surface area contributed by atoms with Crippen molar-refractivity contribution in [3.05, 3.63) is 12.3 Å². The first-order valence-electron chi connectivity index (χ1n) is 4.18. The quantitative estimate of drug-likeness (QED) is 0.630. The summed E-state index contributed by atoms with van der Waals surface area (Å²) < 4.78 is 5.36. The Morgan fingerprint density at radius 1 is 1.64 bits per heavy atom. The number of hydrogen-bond acceptors (Lipinski definition) is 2. The van der Waals surface area contributed by atoms with Crippen molar-refractivity contribution >= 4 is 8.80 Å². The molecule has 64 valence electrons. The Labute approximate surface area is 69.5 Å². The Bertz CT molecular complexity index is 141. The van der Waals surface area contributed by atoms with Gasteiger partial charge in [-0.1, -0.05) is 12.2 Å². The third-order valence-electron chi connectivity index (χ3n) is 2.35. The molecule has 2 atom stereocenters. The first kappa shape index (κ1) is 8.97. The summed E-state index contributed by atoms with van der Waals surface area (Å²) in [6.07, 6.45) is 2.97. The Balaban J connectivity index is 2.55. The van der Waals surface area contributed by atoms with Gasteiger partial charge in [-0.05, 0) is 19.3 Å². The summed E-state index contributed by atoms with van der Waals surface area (Å²) in [5, 5.41) is 9.91. The van der Waals surface area contributed by atoms with Crippen molar-refractivity contribution in [2.75, 3.05) is 6.61 Å². The Kier molecular flexibility index (Phi) is 2.87. The van der Waals surface area contributed by atoms with Gasteiger partial charge >= 0.3 is 0 Å². The molecular formula is C8H16O2Si. The third kappa shape index (κ3) is 1.92. The molecule has 0 saturated carbocycles. The fourth-order valence-corrected chi connectivity index (χ4v) is 2.75. The highest BCUT2D eigenvalue weighted by molar-refractivity contribution is 6.65. The lowest BCUT2D eigenvalue weighted by molar-refractivity contribution is -0.166. The fourth-order valence-electron chi connectivity index (χ4n) is 1.34. The molecule has 0 aromatic carbocycles. The van der Waals surface area contributed by atoms with Crippen LogP contribution in [-0.4, -0.2) is 25.9 Å². The lowest BCUT2D eigenvalue weighted by Gasteiger charge is -2.35. The van der Waals surface area contributed by atoms with Gasteiger partial charge in [-0.2, -0.15) is 0 Å². The molecule has 2 nitrogen and oxygen atoms in total. The smallest absolute Gasteiger partial charge is 0.149 e. The van der Waals surface area contributed by atoms with Crippen molar-refractivity contribution in [3.8, 4) is 0 Å². The zero-order valence-electron chi connectivity index (χ0n) is 7.05.